The van der Waals surface area contributed by atoms with E-state index in [0.29, 0.717) is 18.5 Å². The molecule has 0 fully saturated rings. The minimum Gasteiger partial charge on any atom is -0.313 e. The zero-order valence-corrected chi connectivity index (χ0v) is 16.7. The Morgan fingerprint density at radius 3 is 2.44 bits per heavy atom. The molecule has 4 nitrogen and oxygen atoms in total. The number of urea groups is 1. The Morgan fingerprint density at radius 2 is 1.78 bits per heavy atom. The van der Waals surface area contributed by atoms with Crippen LogP contribution in [0.2, 0.25) is 0 Å². The fourth-order valence-electron chi connectivity index (χ4n) is 3.88. The quantitative estimate of drug-likeness (QED) is 0.506. The molecule has 162 valence electrons. The average Bonchev–Trinajstić information content (AvgIpc) is 2.78. The third-order valence-corrected chi connectivity index (χ3v) is 5.44. The summed E-state index contributed by atoms with van der Waals surface area (Å²) in [6, 6.07) is 16.5. The van der Waals surface area contributed by atoms with E-state index in [-0.39, 0.29) is 11.3 Å². The number of alkyl halides is 3. The fourth-order valence-corrected chi connectivity index (χ4v) is 3.88. The van der Waals surface area contributed by atoms with Crippen molar-refractivity contribution in [3.63, 3.8) is 0 Å². The van der Waals surface area contributed by atoms with Crippen molar-refractivity contribution in [3.05, 3.63) is 100 Å². The Bertz CT molecular complexity index is 1200. The average molecular weight is 439 g/mol. The molecule has 1 aliphatic rings. The number of fused-ring (bicyclic) bond motifs is 1. The van der Waals surface area contributed by atoms with E-state index in [4.69, 9.17) is 5.26 Å². The number of nitrogens with one attached hydrogen (secondary N) is 1. The monoisotopic (exact) mass is 439 g/mol. The van der Waals surface area contributed by atoms with Gasteiger partial charge in [-0.3, -0.25) is 0 Å². The van der Waals surface area contributed by atoms with Crippen molar-refractivity contribution in [1.29, 1.82) is 5.26 Å². The molecule has 2 amide bonds. The molecular weight excluding hydrogens is 422 g/mol. The lowest BCUT2D eigenvalue weighted by atomic mass is 9.88. The molecule has 0 spiro atoms. The standard InChI is InChI=1S/C24H17F4N3O/c25-21-13-19(10-7-17(21)14-29)30-23(32)31-12-11-15-3-1-2-4-20(15)22(31)16-5-8-18(9-6-16)24(26,27)28/h1-10,13,22H,11-12H2,(H,30,32). The summed E-state index contributed by atoms with van der Waals surface area (Å²) in [4.78, 5) is 14.6. The van der Waals surface area contributed by atoms with Gasteiger partial charge in [0.15, 0.2) is 0 Å². The van der Waals surface area contributed by atoms with Crippen LogP contribution < -0.4 is 5.32 Å². The maximum Gasteiger partial charge on any atom is 0.416 e. The summed E-state index contributed by atoms with van der Waals surface area (Å²) in [5.41, 5.74) is 1.63. The van der Waals surface area contributed by atoms with Crippen LogP contribution in [0.15, 0.2) is 66.7 Å². The second-order valence-corrected chi connectivity index (χ2v) is 7.40. The molecule has 8 heteroatoms. The minimum atomic E-state index is -4.46. The summed E-state index contributed by atoms with van der Waals surface area (Å²) in [7, 11) is 0. The molecule has 0 saturated carbocycles. The Hall–Kier alpha value is -3.86. The number of anilines is 1. The molecule has 1 aliphatic heterocycles. The van der Waals surface area contributed by atoms with E-state index in [2.05, 4.69) is 5.32 Å². The summed E-state index contributed by atoms with van der Waals surface area (Å²) < 4.78 is 53.0. The number of amides is 2. The smallest absolute Gasteiger partial charge is 0.313 e. The van der Waals surface area contributed by atoms with Gasteiger partial charge in [-0.25, -0.2) is 9.18 Å². The highest BCUT2D eigenvalue weighted by atomic mass is 19.4. The molecule has 4 rings (SSSR count). The molecule has 0 bridgehead atoms. The van der Waals surface area contributed by atoms with Crippen LogP contribution in [-0.2, 0) is 12.6 Å². The van der Waals surface area contributed by atoms with Gasteiger partial charge in [-0.05, 0) is 53.4 Å². The number of rotatable bonds is 2. The van der Waals surface area contributed by atoms with Crippen molar-refractivity contribution < 1.29 is 22.4 Å². The second kappa shape index (κ2) is 8.35. The second-order valence-electron chi connectivity index (χ2n) is 7.40. The highest BCUT2D eigenvalue weighted by molar-refractivity contribution is 5.90. The Balaban J connectivity index is 1.68. The van der Waals surface area contributed by atoms with E-state index in [1.165, 1.54) is 29.2 Å². The van der Waals surface area contributed by atoms with Crippen LogP contribution in [0.1, 0.15) is 33.9 Å². The molecule has 0 aliphatic carbocycles. The van der Waals surface area contributed by atoms with Gasteiger partial charge < -0.3 is 10.2 Å². The van der Waals surface area contributed by atoms with Crippen molar-refractivity contribution in [2.24, 2.45) is 0 Å². The Morgan fingerprint density at radius 1 is 1.06 bits per heavy atom. The maximum absolute atomic E-state index is 13.9. The van der Waals surface area contributed by atoms with Gasteiger partial charge in [0.1, 0.15) is 11.9 Å². The van der Waals surface area contributed by atoms with E-state index < -0.39 is 29.6 Å². The number of nitrogens with zero attached hydrogens (tertiary/aromatic N) is 2. The SMILES string of the molecule is N#Cc1ccc(NC(=O)N2CCc3ccccc3C2c2ccc(C(F)(F)F)cc2)cc1F. The van der Waals surface area contributed by atoms with Gasteiger partial charge in [0.25, 0.3) is 0 Å². The van der Waals surface area contributed by atoms with Crippen LogP contribution in [0, 0.1) is 17.1 Å². The number of carbonyl (C=O) groups is 1. The first-order valence-electron chi connectivity index (χ1n) is 9.80. The number of carbonyl (C=O) groups excluding carboxylic acids is 1. The van der Waals surface area contributed by atoms with Crippen LogP contribution in [-0.4, -0.2) is 17.5 Å². The van der Waals surface area contributed by atoms with Crippen molar-refractivity contribution >= 4 is 11.7 Å². The van der Waals surface area contributed by atoms with Gasteiger partial charge in [0.2, 0.25) is 0 Å². The summed E-state index contributed by atoms with van der Waals surface area (Å²) in [6.07, 6.45) is -3.89. The lowest BCUT2D eigenvalue weighted by Crippen LogP contribution is -2.43. The summed E-state index contributed by atoms with van der Waals surface area (Å²) >= 11 is 0. The summed E-state index contributed by atoms with van der Waals surface area (Å²) in [5, 5.41) is 11.5. The minimum absolute atomic E-state index is 0.141. The first-order valence-corrected chi connectivity index (χ1v) is 9.80. The molecule has 1 atom stereocenters. The molecule has 1 heterocycles. The largest absolute Gasteiger partial charge is 0.416 e. The Kier molecular flexibility index (Phi) is 5.57. The van der Waals surface area contributed by atoms with Crippen molar-refractivity contribution in [1.82, 2.24) is 4.90 Å². The lowest BCUT2D eigenvalue weighted by Gasteiger charge is -2.37. The third-order valence-electron chi connectivity index (χ3n) is 5.44. The summed E-state index contributed by atoms with van der Waals surface area (Å²) in [5.74, 6) is -0.756. The zero-order valence-electron chi connectivity index (χ0n) is 16.7. The highest BCUT2D eigenvalue weighted by Gasteiger charge is 2.34. The van der Waals surface area contributed by atoms with Crippen LogP contribution in [0.4, 0.5) is 28.0 Å². The molecule has 3 aromatic rings. The van der Waals surface area contributed by atoms with Crippen LogP contribution >= 0.6 is 0 Å². The molecule has 1 N–H and O–H groups in total. The molecular formula is C24H17F4N3O. The predicted molar refractivity (Wildman–Crippen MR) is 110 cm³/mol. The number of hydrogen-bond acceptors (Lipinski definition) is 2. The number of benzene rings is 3. The highest BCUT2D eigenvalue weighted by Crippen LogP contribution is 2.37. The van der Waals surface area contributed by atoms with E-state index in [0.717, 1.165) is 29.3 Å². The zero-order chi connectivity index (χ0) is 22.9. The van der Waals surface area contributed by atoms with Gasteiger partial charge in [0.05, 0.1) is 17.2 Å². The maximum atomic E-state index is 13.9. The summed E-state index contributed by atoms with van der Waals surface area (Å²) in [6.45, 7) is 0.327. The van der Waals surface area contributed by atoms with Crippen molar-refractivity contribution in [2.75, 3.05) is 11.9 Å². The van der Waals surface area contributed by atoms with Gasteiger partial charge >= 0.3 is 12.2 Å². The van der Waals surface area contributed by atoms with E-state index in [1.54, 1.807) is 6.07 Å². The molecule has 0 radical (unpaired) electrons. The van der Waals surface area contributed by atoms with Crippen LogP contribution in [0.3, 0.4) is 0 Å². The molecule has 0 saturated heterocycles. The number of nitriles is 1. The fraction of sp³-hybridized carbons (Fsp3) is 0.167. The normalized spacial score (nSPS) is 15.6. The van der Waals surface area contributed by atoms with Crippen LogP contribution in [0.5, 0.6) is 0 Å². The molecule has 3 aromatic carbocycles. The molecule has 32 heavy (non-hydrogen) atoms. The number of halogens is 4. The first kappa shape index (κ1) is 21.4. The number of hydrogen-bond donors (Lipinski definition) is 1. The predicted octanol–water partition coefficient (Wildman–Crippen LogP) is 5.90. The van der Waals surface area contributed by atoms with Crippen molar-refractivity contribution in [3.8, 4) is 6.07 Å². The van der Waals surface area contributed by atoms with Gasteiger partial charge in [-0.1, -0.05) is 36.4 Å². The lowest BCUT2D eigenvalue weighted by molar-refractivity contribution is -0.137. The van der Waals surface area contributed by atoms with E-state index in [1.807, 2.05) is 24.3 Å². The van der Waals surface area contributed by atoms with Crippen LogP contribution in [0.25, 0.3) is 0 Å². The van der Waals surface area contributed by atoms with E-state index >= 15 is 0 Å². The van der Waals surface area contributed by atoms with Gasteiger partial charge in [-0.15, -0.1) is 0 Å². The van der Waals surface area contributed by atoms with Crippen molar-refractivity contribution in [2.45, 2.75) is 18.6 Å². The molecule has 1 unspecified atom stereocenters. The Labute approximate surface area is 181 Å². The van der Waals surface area contributed by atoms with E-state index in [9.17, 15) is 22.4 Å². The van der Waals surface area contributed by atoms with Gasteiger partial charge in [-0.2, -0.15) is 18.4 Å². The molecule has 0 aromatic heterocycles. The topological polar surface area (TPSA) is 56.1 Å². The first-order chi connectivity index (χ1) is 15.3. The van der Waals surface area contributed by atoms with Gasteiger partial charge in [0, 0.05) is 12.2 Å². The third kappa shape index (κ3) is 4.14.